The second kappa shape index (κ2) is 8.96. The molecule has 0 aliphatic carbocycles. The highest BCUT2D eigenvalue weighted by atomic mass is 16.5. The van der Waals surface area contributed by atoms with E-state index in [1.165, 1.54) is 0 Å². The molecule has 4 heteroatoms. The van der Waals surface area contributed by atoms with E-state index in [0.29, 0.717) is 18.0 Å². The minimum Gasteiger partial charge on any atom is -0.494 e. The molecule has 1 amide bonds. The largest absolute Gasteiger partial charge is 0.494 e. The zero-order valence-electron chi connectivity index (χ0n) is 14.5. The van der Waals surface area contributed by atoms with Crippen molar-refractivity contribution in [1.82, 2.24) is 0 Å². The van der Waals surface area contributed by atoms with Crippen LogP contribution in [0.5, 0.6) is 11.5 Å². The van der Waals surface area contributed by atoms with E-state index in [9.17, 15) is 4.79 Å². The van der Waals surface area contributed by atoms with Crippen LogP contribution in [0, 0.1) is 6.92 Å². The average Bonchev–Trinajstić information content (AvgIpc) is 2.55. The fraction of sp³-hybridized carbons (Fsp3) is 0.350. The molecule has 1 atom stereocenters. The van der Waals surface area contributed by atoms with Gasteiger partial charge in [-0.3, -0.25) is 4.79 Å². The number of rotatable bonds is 8. The van der Waals surface area contributed by atoms with Crippen LogP contribution >= 0.6 is 0 Å². The van der Waals surface area contributed by atoms with Crippen LogP contribution in [0.1, 0.15) is 32.3 Å². The third-order valence-corrected chi connectivity index (χ3v) is 3.54. The minimum atomic E-state index is -0.587. The molecule has 4 nitrogen and oxygen atoms in total. The maximum absolute atomic E-state index is 12.3. The molecule has 0 fully saturated rings. The predicted molar refractivity (Wildman–Crippen MR) is 96.7 cm³/mol. The van der Waals surface area contributed by atoms with E-state index in [4.69, 9.17) is 9.47 Å². The van der Waals surface area contributed by atoms with Gasteiger partial charge in [0.15, 0.2) is 6.10 Å². The Hall–Kier alpha value is -2.49. The normalized spacial score (nSPS) is 11.6. The first-order valence-electron chi connectivity index (χ1n) is 8.35. The summed E-state index contributed by atoms with van der Waals surface area (Å²) in [6.07, 6.45) is 1.51. The third-order valence-electron chi connectivity index (χ3n) is 3.54. The molecule has 0 aliphatic rings. The van der Waals surface area contributed by atoms with E-state index in [-0.39, 0.29) is 5.91 Å². The van der Waals surface area contributed by atoms with Gasteiger partial charge < -0.3 is 14.8 Å². The van der Waals surface area contributed by atoms with Crippen molar-refractivity contribution in [3.8, 4) is 11.5 Å². The number of hydrogen-bond acceptors (Lipinski definition) is 3. The van der Waals surface area contributed by atoms with Crippen LogP contribution in [-0.2, 0) is 4.79 Å². The van der Waals surface area contributed by atoms with Crippen molar-refractivity contribution in [2.45, 2.75) is 39.7 Å². The van der Waals surface area contributed by atoms with Crippen molar-refractivity contribution in [2.24, 2.45) is 0 Å². The second-order valence-corrected chi connectivity index (χ2v) is 5.80. The molecule has 1 N–H and O–H groups in total. The van der Waals surface area contributed by atoms with E-state index >= 15 is 0 Å². The van der Waals surface area contributed by atoms with Crippen LogP contribution in [0.15, 0.2) is 48.5 Å². The topological polar surface area (TPSA) is 47.6 Å². The van der Waals surface area contributed by atoms with Crippen molar-refractivity contribution in [3.05, 3.63) is 54.1 Å². The number of unbranched alkanes of at least 4 members (excludes halogenated alkanes) is 1. The number of anilines is 1. The van der Waals surface area contributed by atoms with Crippen LogP contribution in [0.4, 0.5) is 5.69 Å². The number of hydrogen-bond donors (Lipinski definition) is 1. The zero-order chi connectivity index (χ0) is 17.4. The molecule has 2 aromatic rings. The summed E-state index contributed by atoms with van der Waals surface area (Å²) >= 11 is 0. The van der Waals surface area contributed by atoms with E-state index in [0.717, 1.165) is 24.2 Å². The Morgan fingerprint density at radius 1 is 1.12 bits per heavy atom. The maximum Gasteiger partial charge on any atom is 0.265 e. The summed E-state index contributed by atoms with van der Waals surface area (Å²) in [5.74, 6) is 1.25. The van der Waals surface area contributed by atoms with Gasteiger partial charge in [0.05, 0.1) is 6.61 Å². The summed E-state index contributed by atoms with van der Waals surface area (Å²) < 4.78 is 11.4. The molecule has 2 rings (SSSR count). The van der Waals surface area contributed by atoms with Crippen LogP contribution in [0.2, 0.25) is 0 Å². The number of aryl methyl sites for hydroxylation is 1. The van der Waals surface area contributed by atoms with Crippen molar-refractivity contribution in [2.75, 3.05) is 11.9 Å². The van der Waals surface area contributed by atoms with Crippen LogP contribution in [0.3, 0.4) is 0 Å². The molecule has 24 heavy (non-hydrogen) atoms. The summed E-state index contributed by atoms with van der Waals surface area (Å²) in [5.41, 5.74) is 1.80. The van der Waals surface area contributed by atoms with Gasteiger partial charge in [0.2, 0.25) is 0 Å². The van der Waals surface area contributed by atoms with Crippen LogP contribution in [0.25, 0.3) is 0 Å². The number of nitrogens with one attached hydrogen (secondary N) is 1. The van der Waals surface area contributed by atoms with Gasteiger partial charge in [-0.1, -0.05) is 31.5 Å². The van der Waals surface area contributed by atoms with Gasteiger partial charge in [-0.25, -0.2) is 0 Å². The SMILES string of the molecule is CCCCOc1cccc(NC(=O)C(C)Oc2cccc(C)c2)c1. The first-order valence-corrected chi connectivity index (χ1v) is 8.35. The molecule has 0 bridgehead atoms. The van der Waals surface area contributed by atoms with Gasteiger partial charge in [0.1, 0.15) is 11.5 Å². The van der Waals surface area contributed by atoms with E-state index < -0.39 is 6.10 Å². The Balaban J connectivity index is 1.92. The zero-order valence-corrected chi connectivity index (χ0v) is 14.5. The van der Waals surface area contributed by atoms with Gasteiger partial charge in [-0.2, -0.15) is 0 Å². The molecule has 0 spiro atoms. The van der Waals surface area contributed by atoms with Gasteiger partial charge in [0, 0.05) is 11.8 Å². The fourth-order valence-corrected chi connectivity index (χ4v) is 2.19. The summed E-state index contributed by atoms with van der Waals surface area (Å²) in [6, 6.07) is 15.1. The lowest BCUT2D eigenvalue weighted by Crippen LogP contribution is -2.30. The van der Waals surface area contributed by atoms with Crippen molar-refractivity contribution in [1.29, 1.82) is 0 Å². The van der Waals surface area contributed by atoms with Crippen molar-refractivity contribution in [3.63, 3.8) is 0 Å². The van der Waals surface area contributed by atoms with Gasteiger partial charge in [-0.15, -0.1) is 0 Å². The monoisotopic (exact) mass is 327 g/mol. The molecular weight excluding hydrogens is 302 g/mol. The maximum atomic E-state index is 12.3. The second-order valence-electron chi connectivity index (χ2n) is 5.80. The molecule has 128 valence electrons. The summed E-state index contributed by atoms with van der Waals surface area (Å²) in [7, 11) is 0. The first-order chi connectivity index (χ1) is 11.6. The van der Waals surface area contributed by atoms with Gasteiger partial charge in [0.25, 0.3) is 5.91 Å². The molecular formula is C20H25NO3. The van der Waals surface area contributed by atoms with E-state index in [2.05, 4.69) is 12.2 Å². The quantitative estimate of drug-likeness (QED) is 0.722. The summed E-state index contributed by atoms with van der Waals surface area (Å²) in [4.78, 5) is 12.3. The highest BCUT2D eigenvalue weighted by molar-refractivity contribution is 5.94. The van der Waals surface area contributed by atoms with Gasteiger partial charge >= 0.3 is 0 Å². The van der Waals surface area contributed by atoms with Crippen LogP contribution in [-0.4, -0.2) is 18.6 Å². The molecule has 2 aromatic carbocycles. The fourth-order valence-electron chi connectivity index (χ4n) is 2.19. The lowest BCUT2D eigenvalue weighted by atomic mass is 10.2. The van der Waals surface area contributed by atoms with Gasteiger partial charge in [-0.05, 0) is 50.1 Å². The highest BCUT2D eigenvalue weighted by Gasteiger charge is 2.15. The minimum absolute atomic E-state index is 0.192. The molecule has 0 saturated carbocycles. The standard InChI is InChI=1S/C20H25NO3/c1-4-5-12-23-18-10-7-9-17(14-18)21-20(22)16(3)24-19-11-6-8-15(2)13-19/h6-11,13-14,16H,4-5,12H2,1-3H3,(H,21,22). The highest BCUT2D eigenvalue weighted by Crippen LogP contribution is 2.19. The number of benzene rings is 2. The number of amides is 1. The first kappa shape index (κ1) is 17.9. The summed E-state index contributed by atoms with van der Waals surface area (Å²) in [5, 5.41) is 2.86. The van der Waals surface area contributed by atoms with E-state index in [1.54, 1.807) is 6.92 Å². The lowest BCUT2D eigenvalue weighted by Gasteiger charge is -2.15. The number of ether oxygens (including phenoxy) is 2. The predicted octanol–water partition coefficient (Wildman–Crippen LogP) is 4.58. The molecule has 0 aromatic heterocycles. The molecule has 0 heterocycles. The molecule has 0 radical (unpaired) electrons. The third kappa shape index (κ3) is 5.61. The summed E-state index contributed by atoms with van der Waals surface area (Å²) in [6.45, 7) is 6.53. The smallest absolute Gasteiger partial charge is 0.265 e. The number of carbonyl (C=O) groups excluding carboxylic acids is 1. The van der Waals surface area contributed by atoms with Crippen LogP contribution < -0.4 is 14.8 Å². The Morgan fingerprint density at radius 2 is 1.88 bits per heavy atom. The molecule has 0 saturated heterocycles. The Morgan fingerprint density at radius 3 is 2.62 bits per heavy atom. The Kier molecular flexibility index (Phi) is 6.67. The Bertz CT molecular complexity index is 669. The molecule has 0 aliphatic heterocycles. The Labute approximate surface area is 143 Å². The van der Waals surface area contributed by atoms with Crippen molar-refractivity contribution < 1.29 is 14.3 Å². The van der Waals surface area contributed by atoms with Crippen molar-refractivity contribution >= 4 is 11.6 Å². The van der Waals surface area contributed by atoms with E-state index in [1.807, 2.05) is 55.5 Å². The average molecular weight is 327 g/mol. The number of carbonyl (C=O) groups is 1. The lowest BCUT2D eigenvalue weighted by molar-refractivity contribution is -0.122. The molecule has 1 unspecified atom stereocenters.